The summed E-state index contributed by atoms with van der Waals surface area (Å²) in [5.41, 5.74) is 0.186. The van der Waals surface area contributed by atoms with Crippen LogP contribution < -0.4 is 0 Å². The third-order valence-corrected chi connectivity index (χ3v) is 3.11. The van der Waals surface area contributed by atoms with Gasteiger partial charge < -0.3 is 4.90 Å². The van der Waals surface area contributed by atoms with Crippen LogP contribution in [-0.2, 0) is 0 Å². The van der Waals surface area contributed by atoms with Crippen molar-refractivity contribution in [3.8, 4) is 0 Å². The molecule has 1 rings (SSSR count). The molecular formula is C10H8Br2F3NO. The summed E-state index contributed by atoms with van der Waals surface area (Å²) in [5, 5.41) is 0. The smallest absolute Gasteiger partial charge is 0.333 e. The number of benzene rings is 1. The summed E-state index contributed by atoms with van der Waals surface area (Å²) in [5.74, 6) is -0.685. The molecule has 2 nitrogen and oxygen atoms in total. The zero-order chi connectivity index (χ0) is 13.2. The second-order valence-electron chi connectivity index (χ2n) is 3.40. The van der Waals surface area contributed by atoms with E-state index in [-0.39, 0.29) is 5.56 Å². The number of hydrogen-bond acceptors (Lipinski definition) is 1. The molecule has 0 fully saturated rings. The lowest BCUT2D eigenvalue weighted by atomic mass is 10.2. The second-order valence-corrected chi connectivity index (χ2v) is 5.17. The summed E-state index contributed by atoms with van der Waals surface area (Å²) < 4.78 is 37.5. The van der Waals surface area contributed by atoms with E-state index in [1.165, 1.54) is 6.07 Å². The third kappa shape index (κ3) is 4.31. The maximum absolute atomic E-state index is 12.1. The predicted octanol–water partition coefficient (Wildman–Crippen LogP) is 3.85. The molecule has 0 N–H and O–H groups in total. The van der Waals surface area contributed by atoms with E-state index in [4.69, 9.17) is 0 Å². The maximum Gasteiger partial charge on any atom is 0.406 e. The van der Waals surface area contributed by atoms with Crippen LogP contribution in [0, 0.1) is 0 Å². The molecule has 0 aliphatic heterocycles. The Kier molecular flexibility index (Phi) is 4.60. The predicted molar refractivity (Wildman–Crippen MR) is 64.9 cm³/mol. The lowest BCUT2D eigenvalue weighted by Gasteiger charge is -2.19. The van der Waals surface area contributed by atoms with Gasteiger partial charge in [-0.05, 0) is 34.1 Å². The molecule has 1 amide bonds. The summed E-state index contributed by atoms with van der Waals surface area (Å²) >= 11 is 6.29. The van der Waals surface area contributed by atoms with Crippen molar-refractivity contribution in [2.75, 3.05) is 13.6 Å². The summed E-state index contributed by atoms with van der Waals surface area (Å²) in [6.45, 7) is -1.27. The monoisotopic (exact) mass is 373 g/mol. The molecule has 0 spiro atoms. The molecule has 0 saturated carbocycles. The minimum Gasteiger partial charge on any atom is -0.333 e. The van der Waals surface area contributed by atoms with Gasteiger partial charge in [0, 0.05) is 16.0 Å². The van der Waals surface area contributed by atoms with Crippen molar-refractivity contribution >= 4 is 37.8 Å². The topological polar surface area (TPSA) is 20.3 Å². The minimum atomic E-state index is -4.40. The molecule has 1 aromatic carbocycles. The molecule has 0 aliphatic rings. The van der Waals surface area contributed by atoms with Gasteiger partial charge in [0.25, 0.3) is 5.91 Å². The van der Waals surface area contributed by atoms with Crippen LogP contribution in [-0.4, -0.2) is 30.6 Å². The van der Waals surface area contributed by atoms with E-state index in [2.05, 4.69) is 31.9 Å². The highest BCUT2D eigenvalue weighted by molar-refractivity contribution is 9.11. The molecule has 0 radical (unpaired) electrons. The van der Waals surface area contributed by atoms with Gasteiger partial charge in [0.2, 0.25) is 0 Å². The molecule has 0 aromatic heterocycles. The highest BCUT2D eigenvalue weighted by Gasteiger charge is 2.31. The maximum atomic E-state index is 12.1. The molecule has 0 unspecified atom stereocenters. The van der Waals surface area contributed by atoms with Crippen LogP contribution >= 0.6 is 31.9 Å². The largest absolute Gasteiger partial charge is 0.406 e. The van der Waals surface area contributed by atoms with Crippen molar-refractivity contribution in [1.82, 2.24) is 4.90 Å². The summed E-state index contributed by atoms with van der Waals surface area (Å²) in [7, 11) is 1.11. The van der Waals surface area contributed by atoms with E-state index in [0.29, 0.717) is 13.8 Å². The number of alkyl halides is 3. The number of amides is 1. The number of carbonyl (C=O) groups excluding carboxylic acids is 1. The average molecular weight is 375 g/mol. The Bertz CT molecular complexity index is 434. The number of rotatable bonds is 2. The lowest BCUT2D eigenvalue weighted by Crippen LogP contribution is -2.35. The molecule has 7 heteroatoms. The zero-order valence-corrected chi connectivity index (χ0v) is 11.9. The van der Waals surface area contributed by atoms with Gasteiger partial charge in [0.15, 0.2) is 0 Å². The van der Waals surface area contributed by atoms with Gasteiger partial charge in [-0.25, -0.2) is 0 Å². The summed E-state index contributed by atoms with van der Waals surface area (Å²) in [6.07, 6.45) is -4.40. The van der Waals surface area contributed by atoms with E-state index in [9.17, 15) is 18.0 Å². The fourth-order valence-electron chi connectivity index (χ4n) is 1.21. The van der Waals surface area contributed by atoms with Crippen molar-refractivity contribution in [2.45, 2.75) is 6.18 Å². The highest BCUT2D eigenvalue weighted by atomic mass is 79.9. The Labute approximate surface area is 113 Å². The van der Waals surface area contributed by atoms with Crippen LogP contribution in [0.25, 0.3) is 0 Å². The van der Waals surface area contributed by atoms with E-state index in [1.807, 2.05) is 0 Å². The van der Waals surface area contributed by atoms with Gasteiger partial charge in [0.05, 0.1) is 5.56 Å². The van der Waals surface area contributed by atoms with Crippen LogP contribution in [0.15, 0.2) is 27.1 Å². The van der Waals surface area contributed by atoms with Gasteiger partial charge in [-0.15, -0.1) is 0 Å². The van der Waals surface area contributed by atoms with Crippen LogP contribution in [0.3, 0.4) is 0 Å². The van der Waals surface area contributed by atoms with Gasteiger partial charge in [0.1, 0.15) is 6.54 Å². The van der Waals surface area contributed by atoms with Gasteiger partial charge >= 0.3 is 6.18 Å². The Morgan fingerprint density at radius 3 is 2.47 bits per heavy atom. The fourth-order valence-corrected chi connectivity index (χ4v) is 1.99. The third-order valence-electron chi connectivity index (χ3n) is 1.92. The summed E-state index contributed by atoms with van der Waals surface area (Å²) in [6, 6.07) is 4.75. The Morgan fingerprint density at radius 2 is 1.94 bits per heavy atom. The van der Waals surface area contributed by atoms with Crippen LogP contribution in [0.4, 0.5) is 13.2 Å². The first-order valence-electron chi connectivity index (χ1n) is 4.48. The van der Waals surface area contributed by atoms with Gasteiger partial charge in [-0.3, -0.25) is 4.79 Å². The molecule has 17 heavy (non-hydrogen) atoms. The van der Waals surface area contributed by atoms with Gasteiger partial charge in [-0.1, -0.05) is 15.9 Å². The number of hydrogen-bond donors (Lipinski definition) is 0. The minimum absolute atomic E-state index is 0.186. The number of halogens is 5. The van der Waals surface area contributed by atoms with Gasteiger partial charge in [-0.2, -0.15) is 13.2 Å². The standard InChI is InChI=1S/C10H8Br2F3NO/c1-16(5-10(13,14)15)9(17)7-4-6(11)2-3-8(7)12/h2-4H,5H2,1H3. The quantitative estimate of drug-likeness (QED) is 0.770. The molecular weight excluding hydrogens is 367 g/mol. The van der Waals surface area contributed by atoms with E-state index in [1.54, 1.807) is 12.1 Å². The van der Waals surface area contributed by atoms with Crippen molar-refractivity contribution in [3.05, 3.63) is 32.7 Å². The first kappa shape index (κ1) is 14.5. The van der Waals surface area contributed by atoms with Crippen molar-refractivity contribution < 1.29 is 18.0 Å². The van der Waals surface area contributed by atoms with E-state index >= 15 is 0 Å². The summed E-state index contributed by atoms with van der Waals surface area (Å²) in [4.78, 5) is 12.4. The zero-order valence-electron chi connectivity index (χ0n) is 8.68. The molecule has 1 aromatic rings. The number of nitrogens with zero attached hydrogens (tertiary/aromatic N) is 1. The molecule has 0 bridgehead atoms. The van der Waals surface area contributed by atoms with Crippen LogP contribution in [0.5, 0.6) is 0 Å². The average Bonchev–Trinajstić information content (AvgIpc) is 2.18. The molecule has 0 aliphatic carbocycles. The molecule has 94 valence electrons. The number of carbonyl (C=O) groups is 1. The first-order chi connectivity index (χ1) is 7.70. The fraction of sp³-hybridized carbons (Fsp3) is 0.300. The Balaban J connectivity index is 2.93. The Hall–Kier alpha value is -0.560. The highest BCUT2D eigenvalue weighted by Crippen LogP contribution is 2.24. The Morgan fingerprint density at radius 1 is 1.35 bits per heavy atom. The van der Waals surface area contributed by atoms with Crippen molar-refractivity contribution in [1.29, 1.82) is 0 Å². The van der Waals surface area contributed by atoms with Crippen LogP contribution in [0.2, 0.25) is 0 Å². The second kappa shape index (κ2) is 5.39. The lowest BCUT2D eigenvalue weighted by molar-refractivity contribution is -0.138. The van der Waals surface area contributed by atoms with E-state index < -0.39 is 18.6 Å². The SMILES string of the molecule is CN(CC(F)(F)F)C(=O)c1cc(Br)ccc1Br. The first-order valence-corrected chi connectivity index (χ1v) is 6.06. The normalized spacial score (nSPS) is 11.4. The van der Waals surface area contributed by atoms with E-state index in [0.717, 1.165) is 7.05 Å². The van der Waals surface area contributed by atoms with Crippen LogP contribution in [0.1, 0.15) is 10.4 Å². The van der Waals surface area contributed by atoms with Crippen molar-refractivity contribution in [2.24, 2.45) is 0 Å². The van der Waals surface area contributed by atoms with Crippen molar-refractivity contribution in [3.63, 3.8) is 0 Å². The molecule has 0 saturated heterocycles. The molecule has 0 atom stereocenters. The molecule has 0 heterocycles.